The van der Waals surface area contributed by atoms with Gasteiger partial charge in [-0.3, -0.25) is 4.79 Å². The third kappa shape index (κ3) is 6.10. The molecule has 0 radical (unpaired) electrons. The minimum Gasteiger partial charge on any atom is -0.490 e. The lowest BCUT2D eigenvalue weighted by Crippen LogP contribution is -2.28. The Morgan fingerprint density at radius 3 is 2.38 bits per heavy atom. The topological polar surface area (TPSA) is 89.1 Å². The predicted octanol–water partition coefficient (Wildman–Crippen LogP) is 3.83. The largest absolute Gasteiger partial charge is 0.490 e. The lowest BCUT2D eigenvalue weighted by atomic mass is 10.1. The number of benzene rings is 1. The number of nitrogens with zero attached hydrogens (tertiary/aromatic N) is 1. The normalized spacial score (nSPS) is 10.3. The Hall–Kier alpha value is -2.85. The van der Waals surface area contributed by atoms with E-state index in [0.29, 0.717) is 57.4 Å². The fourth-order valence-corrected chi connectivity index (χ4v) is 4.35. The van der Waals surface area contributed by atoms with Crippen molar-refractivity contribution in [2.45, 2.75) is 27.3 Å². The summed E-state index contributed by atoms with van der Waals surface area (Å²) in [7, 11) is 4.62. The van der Waals surface area contributed by atoms with Gasteiger partial charge in [-0.1, -0.05) is 6.07 Å². The summed E-state index contributed by atoms with van der Waals surface area (Å²) in [6.45, 7) is 7.06. The minimum atomic E-state index is -0.533. The Labute approximate surface area is 197 Å². The molecule has 2 aromatic rings. The fourth-order valence-electron chi connectivity index (χ4n) is 2.89. The highest BCUT2D eigenvalue weighted by Crippen LogP contribution is 2.34. The number of rotatable bonds is 9. The molecule has 0 fully saturated rings. The molecular weight excluding hydrogens is 450 g/mol. The lowest BCUT2D eigenvalue weighted by molar-refractivity contribution is 0.0601. The van der Waals surface area contributed by atoms with Gasteiger partial charge in [-0.25, -0.2) is 4.79 Å². The summed E-state index contributed by atoms with van der Waals surface area (Å²) in [6.07, 6.45) is 0. The van der Waals surface area contributed by atoms with Crippen LogP contribution in [-0.2, 0) is 11.3 Å². The number of anilines is 1. The summed E-state index contributed by atoms with van der Waals surface area (Å²) in [5, 5.41) is 6.92. The molecule has 1 aromatic carbocycles. The Morgan fingerprint density at radius 1 is 1.12 bits per heavy atom. The van der Waals surface area contributed by atoms with Gasteiger partial charge in [0, 0.05) is 20.6 Å². The molecule has 0 aliphatic heterocycles. The van der Waals surface area contributed by atoms with Crippen LogP contribution in [0.1, 0.15) is 45.0 Å². The first-order chi connectivity index (χ1) is 15.2. The number of ether oxygens (including phenoxy) is 3. The summed E-state index contributed by atoms with van der Waals surface area (Å²) in [5.41, 5.74) is 1.80. The van der Waals surface area contributed by atoms with Crippen molar-refractivity contribution in [3.05, 3.63) is 39.8 Å². The van der Waals surface area contributed by atoms with Gasteiger partial charge in [0.25, 0.3) is 5.91 Å². The standard InChI is InChI=1S/C22H29N3O5S2/c1-7-29-15-10-9-14(11-16(15)30-8-2)12-23-22(31)24-19-17(21(27)28-6)13(3)18(32-19)20(26)25(4)5/h9-11H,7-8,12H2,1-6H3,(H2,23,24,31). The Kier molecular flexibility index (Phi) is 9.27. The zero-order valence-electron chi connectivity index (χ0n) is 19.2. The number of carbonyl (C=O) groups is 2. The second-order valence-electron chi connectivity index (χ2n) is 6.91. The van der Waals surface area contributed by atoms with Crippen LogP contribution in [-0.4, -0.2) is 56.3 Å². The van der Waals surface area contributed by atoms with Crippen molar-refractivity contribution in [2.75, 3.05) is 39.7 Å². The molecule has 1 amide bonds. The first-order valence-corrected chi connectivity index (χ1v) is 11.3. The molecular formula is C22H29N3O5S2. The molecule has 8 nitrogen and oxygen atoms in total. The third-order valence-electron chi connectivity index (χ3n) is 4.42. The van der Waals surface area contributed by atoms with Crippen LogP contribution < -0.4 is 20.1 Å². The van der Waals surface area contributed by atoms with Crippen LogP contribution in [0, 0.1) is 6.92 Å². The smallest absolute Gasteiger partial charge is 0.341 e. The monoisotopic (exact) mass is 479 g/mol. The molecule has 10 heteroatoms. The molecule has 1 heterocycles. The molecule has 0 saturated carbocycles. The average molecular weight is 480 g/mol. The molecule has 2 N–H and O–H groups in total. The Bertz CT molecular complexity index is 988. The number of hydrogen-bond donors (Lipinski definition) is 2. The summed E-state index contributed by atoms with van der Waals surface area (Å²) in [5.74, 6) is 0.632. The lowest BCUT2D eigenvalue weighted by Gasteiger charge is -2.14. The van der Waals surface area contributed by atoms with Crippen molar-refractivity contribution in [1.82, 2.24) is 10.2 Å². The number of hydrogen-bond acceptors (Lipinski definition) is 7. The van der Waals surface area contributed by atoms with Crippen LogP contribution in [0.2, 0.25) is 0 Å². The van der Waals surface area contributed by atoms with Gasteiger partial charge in [0.1, 0.15) is 5.00 Å². The molecule has 0 aliphatic rings. The van der Waals surface area contributed by atoms with Crippen LogP contribution in [0.5, 0.6) is 11.5 Å². The molecule has 2 rings (SSSR count). The van der Waals surface area contributed by atoms with Gasteiger partial charge in [0.15, 0.2) is 16.6 Å². The van der Waals surface area contributed by atoms with Crippen molar-refractivity contribution in [1.29, 1.82) is 0 Å². The molecule has 0 atom stereocenters. The van der Waals surface area contributed by atoms with E-state index in [9.17, 15) is 9.59 Å². The maximum Gasteiger partial charge on any atom is 0.341 e. The highest BCUT2D eigenvalue weighted by atomic mass is 32.1. The van der Waals surface area contributed by atoms with Gasteiger partial charge in [0.05, 0.1) is 30.8 Å². The maximum atomic E-state index is 12.5. The number of thiophene rings is 1. The van der Waals surface area contributed by atoms with Crippen molar-refractivity contribution < 1.29 is 23.8 Å². The first kappa shape index (κ1) is 25.4. The van der Waals surface area contributed by atoms with E-state index in [1.165, 1.54) is 23.3 Å². The summed E-state index contributed by atoms with van der Waals surface area (Å²) in [4.78, 5) is 26.7. The predicted molar refractivity (Wildman–Crippen MR) is 130 cm³/mol. The average Bonchev–Trinajstić information content (AvgIpc) is 3.08. The molecule has 32 heavy (non-hydrogen) atoms. The number of carbonyl (C=O) groups excluding carboxylic acids is 2. The van der Waals surface area contributed by atoms with Crippen molar-refractivity contribution in [3.63, 3.8) is 0 Å². The fraction of sp³-hybridized carbons (Fsp3) is 0.409. The van der Waals surface area contributed by atoms with Crippen LogP contribution in [0.3, 0.4) is 0 Å². The highest BCUT2D eigenvalue weighted by molar-refractivity contribution is 7.80. The van der Waals surface area contributed by atoms with E-state index >= 15 is 0 Å². The maximum absolute atomic E-state index is 12.5. The molecule has 0 aliphatic carbocycles. The van der Waals surface area contributed by atoms with E-state index in [-0.39, 0.29) is 5.91 Å². The number of thiocarbonyl (C=S) groups is 1. The van der Waals surface area contributed by atoms with Crippen LogP contribution in [0.4, 0.5) is 5.00 Å². The van der Waals surface area contributed by atoms with Gasteiger partial charge in [-0.15, -0.1) is 11.3 Å². The SMILES string of the molecule is CCOc1ccc(CNC(=S)Nc2sc(C(=O)N(C)C)c(C)c2C(=O)OC)cc1OCC. The van der Waals surface area contributed by atoms with E-state index in [1.54, 1.807) is 21.0 Å². The number of methoxy groups -OCH3 is 1. The van der Waals surface area contributed by atoms with Crippen molar-refractivity contribution in [3.8, 4) is 11.5 Å². The Balaban J connectivity index is 2.17. The van der Waals surface area contributed by atoms with E-state index in [1.807, 2.05) is 32.0 Å². The zero-order chi connectivity index (χ0) is 23.8. The van der Waals surface area contributed by atoms with Gasteiger partial charge < -0.3 is 29.7 Å². The second kappa shape index (κ2) is 11.7. The first-order valence-electron chi connectivity index (χ1n) is 10.1. The molecule has 0 spiro atoms. The zero-order valence-corrected chi connectivity index (χ0v) is 20.8. The van der Waals surface area contributed by atoms with Crippen LogP contribution in [0.15, 0.2) is 18.2 Å². The number of nitrogens with one attached hydrogen (secondary N) is 2. The highest BCUT2D eigenvalue weighted by Gasteiger charge is 2.26. The molecule has 1 aromatic heterocycles. The van der Waals surface area contributed by atoms with E-state index in [2.05, 4.69) is 10.6 Å². The molecule has 0 saturated heterocycles. The van der Waals surface area contributed by atoms with Gasteiger partial charge >= 0.3 is 5.97 Å². The van der Waals surface area contributed by atoms with Crippen LogP contribution >= 0.6 is 23.6 Å². The second-order valence-corrected chi connectivity index (χ2v) is 8.34. The Morgan fingerprint density at radius 2 is 1.78 bits per heavy atom. The summed E-state index contributed by atoms with van der Waals surface area (Å²) < 4.78 is 16.1. The van der Waals surface area contributed by atoms with Crippen molar-refractivity contribution in [2.24, 2.45) is 0 Å². The van der Waals surface area contributed by atoms with Gasteiger partial charge in [0.2, 0.25) is 0 Å². The quantitative estimate of drug-likeness (QED) is 0.414. The summed E-state index contributed by atoms with van der Waals surface area (Å²) in [6, 6.07) is 5.68. The molecule has 0 unspecified atom stereocenters. The van der Waals surface area contributed by atoms with Crippen molar-refractivity contribution >= 4 is 45.5 Å². The molecule has 0 bridgehead atoms. The van der Waals surface area contributed by atoms with E-state index in [4.69, 9.17) is 26.4 Å². The van der Waals surface area contributed by atoms with Gasteiger partial charge in [-0.2, -0.15) is 0 Å². The minimum absolute atomic E-state index is 0.192. The van der Waals surface area contributed by atoms with Crippen LogP contribution in [0.25, 0.3) is 0 Å². The summed E-state index contributed by atoms with van der Waals surface area (Å²) >= 11 is 6.59. The van der Waals surface area contributed by atoms with Gasteiger partial charge in [-0.05, 0) is 56.2 Å². The molecule has 174 valence electrons. The number of esters is 1. The number of amides is 1. The van der Waals surface area contributed by atoms with E-state index in [0.717, 1.165) is 5.56 Å². The third-order valence-corrected chi connectivity index (χ3v) is 5.87. The van der Waals surface area contributed by atoms with E-state index < -0.39 is 5.97 Å².